The molecule has 18 heavy (non-hydrogen) atoms. The summed E-state index contributed by atoms with van der Waals surface area (Å²) in [4.78, 5) is 16.9. The third-order valence-electron chi connectivity index (χ3n) is 3.04. The van der Waals surface area contributed by atoms with Crippen molar-refractivity contribution in [2.75, 3.05) is 0 Å². The van der Waals surface area contributed by atoms with Gasteiger partial charge in [-0.1, -0.05) is 30.5 Å². The van der Waals surface area contributed by atoms with E-state index in [1.54, 1.807) is 6.07 Å². The highest BCUT2D eigenvalue weighted by atomic mass is 35.5. The molecule has 0 bridgehead atoms. The van der Waals surface area contributed by atoms with Crippen LogP contribution in [0.1, 0.15) is 31.2 Å². The zero-order valence-corrected chi connectivity index (χ0v) is 10.7. The lowest BCUT2D eigenvalue weighted by Crippen LogP contribution is -2.29. The van der Waals surface area contributed by atoms with Crippen molar-refractivity contribution in [1.29, 1.82) is 0 Å². The molecule has 1 aromatic carbocycles. The van der Waals surface area contributed by atoms with Crippen LogP contribution >= 0.6 is 11.6 Å². The molecule has 0 aliphatic heterocycles. The number of hydrogen-bond donors (Lipinski definition) is 1. The largest absolute Gasteiger partial charge is 0.272 e. The maximum absolute atomic E-state index is 13.4. The van der Waals surface area contributed by atoms with E-state index in [4.69, 9.17) is 16.4 Å². The van der Waals surface area contributed by atoms with Crippen LogP contribution in [0.5, 0.6) is 0 Å². The molecule has 98 valence electrons. The zero-order chi connectivity index (χ0) is 13.0. The first-order valence-corrected chi connectivity index (χ1v) is 6.42. The molecule has 0 saturated heterocycles. The predicted octanol–water partition coefficient (Wildman–Crippen LogP) is 3.01. The van der Waals surface area contributed by atoms with Gasteiger partial charge in [-0.25, -0.2) is 9.87 Å². The van der Waals surface area contributed by atoms with Crippen LogP contribution < -0.4 is 5.48 Å². The molecule has 3 nitrogen and oxygen atoms in total. The van der Waals surface area contributed by atoms with Crippen molar-refractivity contribution in [3.05, 3.63) is 34.6 Å². The van der Waals surface area contributed by atoms with Crippen molar-refractivity contribution in [1.82, 2.24) is 5.48 Å². The number of halogens is 2. The molecule has 2 rings (SSSR count). The Hall–Kier alpha value is -1.13. The van der Waals surface area contributed by atoms with E-state index in [0.717, 1.165) is 25.7 Å². The van der Waals surface area contributed by atoms with E-state index in [1.807, 2.05) is 0 Å². The van der Waals surface area contributed by atoms with Crippen LogP contribution in [0, 0.1) is 5.82 Å². The highest BCUT2D eigenvalue weighted by molar-refractivity contribution is 6.31. The lowest BCUT2D eigenvalue weighted by Gasteiger charge is -2.12. The Morgan fingerprint density at radius 2 is 2.17 bits per heavy atom. The third kappa shape index (κ3) is 3.43. The summed E-state index contributed by atoms with van der Waals surface area (Å²) in [7, 11) is 0. The predicted molar refractivity (Wildman–Crippen MR) is 66.6 cm³/mol. The molecule has 1 saturated carbocycles. The smallest absolute Gasteiger partial charge is 0.248 e. The van der Waals surface area contributed by atoms with Crippen LogP contribution in [0.15, 0.2) is 18.2 Å². The molecule has 0 aromatic heterocycles. The normalized spacial score (nSPS) is 15.9. The standard InChI is InChI=1S/C13H15ClFNO2/c14-11-6-3-7-12(15)10(11)8-13(17)16-18-9-4-1-2-5-9/h3,6-7,9H,1-2,4-5,8H2,(H,16,17). The van der Waals surface area contributed by atoms with Gasteiger partial charge in [-0.3, -0.25) is 9.63 Å². The summed E-state index contributed by atoms with van der Waals surface area (Å²) in [5.41, 5.74) is 2.56. The minimum atomic E-state index is -0.474. The first-order chi connectivity index (χ1) is 8.66. The average Bonchev–Trinajstić information content (AvgIpc) is 2.84. The molecule has 0 heterocycles. The topological polar surface area (TPSA) is 38.3 Å². The number of hydrogen-bond acceptors (Lipinski definition) is 2. The molecule has 1 aromatic rings. The van der Waals surface area contributed by atoms with Gasteiger partial charge < -0.3 is 0 Å². The first kappa shape index (κ1) is 13.3. The fraction of sp³-hybridized carbons (Fsp3) is 0.462. The van der Waals surface area contributed by atoms with Crippen molar-refractivity contribution < 1.29 is 14.0 Å². The van der Waals surface area contributed by atoms with Gasteiger partial charge in [-0.15, -0.1) is 0 Å². The van der Waals surface area contributed by atoms with Gasteiger partial charge in [-0.05, 0) is 25.0 Å². The van der Waals surface area contributed by atoms with E-state index in [1.165, 1.54) is 12.1 Å². The van der Waals surface area contributed by atoms with Gasteiger partial charge in [0.25, 0.3) is 0 Å². The van der Waals surface area contributed by atoms with Crippen LogP contribution in [-0.2, 0) is 16.1 Å². The molecule has 0 unspecified atom stereocenters. The molecule has 1 aliphatic rings. The van der Waals surface area contributed by atoms with Crippen molar-refractivity contribution >= 4 is 17.5 Å². The van der Waals surface area contributed by atoms with Gasteiger partial charge >= 0.3 is 0 Å². The van der Waals surface area contributed by atoms with Crippen molar-refractivity contribution in [3.63, 3.8) is 0 Å². The molecule has 1 fully saturated rings. The summed E-state index contributed by atoms with van der Waals surface area (Å²) in [6.07, 6.45) is 4.14. The minimum absolute atomic E-state index is 0.0880. The second-order valence-corrected chi connectivity index (χ2v) is 4.83. The molecule has 0 radical (unpaired) electrons. The van der Waals surface area contributed by atoms with Crippen LogP contribution in [0.25, 0.3) is 0 Å². The van der Waals surface area contributed by atoms with Crippen molar-refractivity contribution in [3.8, 4) is 0 Å². The molecular weight excluding hydrogens is 257 g/mol. The van der Waals surface area contributed by atoms with Crippen LogP contribution in [0.2, 0.25) is 5.02 Å². The monoisotopic (exact) mass is 271 g/mol. The Balaban J connectivity index is 1.86. The van der Waals surface area contributed by atoms with Crippen LogP contribution in [-0.4, -0.2) is 12.0 Å². The van der Waals surface area contributed by atoms with Gasteiger partial charge in [0.1, 0.15) is 5.82 Å². The highest BCUT2D eigenvalue weighted by Crippen LogP contribution is 2.21. The SMILES string of the molecule is O=C(Cc1c(F)cccc1Cl)NOC1CCCC1. The second-order valence-electron chi connectivity index (χ2n) is 4.43. The summed E-state index contributed by atoms with van der Waals surface area (Å²) < 4.78 is 13.4. The van der Waals surface area contributed by atoms with Crippen LogP contribution in [0.4, 0.5) is 4.39 Å². The maximum Gasteiger partial charge on any atom is 0.248 e. The summed E-state index contributed by atoms with van der Waals surface area (Å²) in [5.74, 6) is -0.854. The molecule has 5 heteroatoms. The van der Waals surface area contributed by atoms with E-state index in [2.05, 4.69) is 5.48 Å². The Morgan fingerprint density at radius 1 is 1.44 bits per heavy atom. The Morgan fingerprint density at radius 3 is 2.83 bits per heavy atom. The molecular formula is C13H15ClFNO2. The summed E-state index contributed by atoms with van der Waals surface area (Å²) in [6, 6.07) is 4.35. The summed E-state index contributed by atoms with van der Waals surface area (Å²) in [6.45, 7) is 0. The van der Waals surface area contributed by atoms with E-state index < -0.39 is 5.82 Å². The third-order valence-corrected chi connectivity index (χ3v) is 3.39. The highest BCUT2D eigenvalue weighted by Gasteiger charge is 2.18. The number of carbonyl (C=O) groups is 1. The quantitative estimate of drug-likeness (QED) is 0.855. The number of nitrogens with one attached hydrogen (secondary N) is 1. The fourth-order valence-electron chi connectivity index (χ4n) is 2.05. The lowest BCUT2D eigenvalue weighted by atomic mass is 10.1. The van der Waals surface area contributed by atoms with E-state index in [9.17, 15) is 9.18 Å². The van der Waals surface area contributed by atoms with E-state index in [0.29, 0.717) is 0 Å². The Kier molecular flexibility index (Phi) is 4.55. The van der Waals surface area contributed by atoms with E-state index in [-0.39, 0.29) is 29.0 Å². The number of rotatable bonds is 4. The molecule has 1 aliphatic carbocycles. The molecule has 0 atom stereocenters. The van der Waals surface area contributed by atoms with Crippen LogP contribution in [0.3, 0.4) is 0 Å². The fourth-order valence-corrected chi connectivity index (χ4v) is 2.28. The molecule has 0 spiro atoms. The van der Waals surface area contributed by atoms with Gasteiger partial charge in [0.2, 0.25) is 5.91 Å². The summed E-state index contributed by atoms with van der Waals surface area (Å²) >= 11 is 5.84. The van der Waals surface area contributed by atoms with Crippen molar-refractivity contribution in [2.45, 2.75) is 38.2 Å². The van der Waals surface area contributed by atoms with Gasteiger partial charge in [0.15, 0.2) is 0 Å². The van der Waals surface area contributed by atoms with E-state index >= 15 is 0 Å². The zero-order valence-electron chi connectivity index (χ0n) is 9.92. The number of amides is 1. The van der Waals surface area contributed by atoms with Gasteiger partial charge in [0.05, 0.1) is 12.5 Å². The van der Waals surface area contributed by atoms with Gasteiger partial charge in [-0.2, -0.15) is 0 Å². The Bertz CT molecular complexity index is 413. The number of hydroxylamine groups is 1. The Labute approximate surface area is 110 Å². The summed E-state index contributed by atoms with van der Waals surface area (Å²) in [5, 5.41) is 0.256. The van der Waals surface area contributed by atoms with Crippen molar-refractivity contribution in [2.24, 2.45) is 0 Å². The number of benzene rings is 1. The number of carbonyl (C=O) groups excluding carboxylic acids is 1. The first-order valence-electron chi connectivity index (χ1n) is 6.04. The second kappa shape index (κ2) is 6.16. The molecule has 1 amide bonds. The lowest BCUT2D eigenvalue weighted by molar-refractivity contribution is -0.137. The average molecular weight is 272 g/mol. The molecule has 1 N–H and O–H groups in total. The maximum atomic E-state index is 13.4. The van der Waals surface area contributed by atoms with Gasteiger partial charge in [0, 0.05) is 10.6 Å². The minimum Gasteiger partial charge on any atom is -0.272 e.